The summed E-state index contributed by atoms with van der Waals surface area (Å²) in [7, 11) is 0. The van der Waals surface area contributed by atoms with Crippen LogP contribution < -0.4 is 11.1 Å². The molecule has 0 spiro atoms. The maximum atomic E-state index is 5.95. The van der Waals surface area contributed by atoms with Crippen molar-refractivity contribution in [1.29, 1.82) is 0 Å². The molecule has 8 heteroatoms. The van der Waals surface area contributed by atoms with Crippen LogP contribution >= 0.6 is 24.0 Å². The van der Waals surface area contributed by atoms with E-state index in [9.17, 15) is 0 Å². The van der Waals surface area contributed by atoms with Crippen molar-refractivity contribution >= 4 is 29.9 Å². The van der Waals surface area contributed by atoms with Gasteiger partial charge in [0.2, 0.25) is 5.89 Å². The topological polar surface area (TPSA) is 92.6 Å². The van der Waals surface area contributed by atoms with Gasteiger partial charge in [-0.3, -0.25) is 4.90 Å². The fourth-order valence-electron chi connectivity index (χ4n) is 2.89. The second-order valence-corrected chi connectivity index (χ2v) is 6.12. The molecule has 1 aromatic carbocycles. The number of benzene rings is 1. The summed E-state index contributed by atoms with van der Waals surface area (Å²) in [5, 5.41) is 7.02. The van der Waals surface area contributed by atoms with E-state index in [0.717, 1.165) is 32.5 Å². The van der Waals surface area contributed by atoms with E-state index >= 15 is 0 Å². The standard InChI is InChI=1S/C17H24N6O.HI/c1-13-20-16(24-22-13)11-19-17(18)21-15-7-9-23(10-8-15)12-14-5-3-2-4-6-14;/h2-6,15H,7-12H2,1H3,(H3,18,19,21);1H. The molecule has 3 rings (SSSR count). The summed E-state index contributed by atoms with van der Waals surface area (Å²) in [6.07, 6.45) is 2.12. The van der Waals surface area contributed by atoms with Crippen LogP contribution in [-0.2, 0) is 13.1 Å². The fourth-order valence-corrected chi connectivity index (χ4v) is 2.89. The van der Waals surface area contributed by atoms with Crippen LogP contribution in [0.1, 0.15) is 30.1 Å². The summed E-state index contributed by atoms with van der Waals surface area (Å²) in [4.78, 5) is 10.8. The van der Waals surface area contributed by atoms with Crippen LogP contribution in [-0.4, -0.2) is 40.1 Å². The largest absolute Gasteiger partial charge is 0.370 e. The molecule has 0 bridgehead atoms. The van der Waals surface area contributed by atoms with Gasteiger partial charge in [0, 0.05) is 25.7 Å². The first-order valence-corrected chi connectivity index (χ1v) is 8.31. The number of aliphatic imine (C=N–C) groups is 1. The summed E-state index contributed by atoms with van der Waals surface area (Å²) in [6, 6.07) is 10.9. The lowest BCUT2D eigenvalue weighted by Crippen LogP contribution is -2.46. The van der Waals surface area contributed by atoms with Gasteiger partial charge in [0.1, 0.15) is 6.54 Å². The maximum Gasteiger partial charge on any atom is 0.248 e. The Morgan fingerprint density at radius 3 is 2.68 bits per heavy atom. The number of aromatic nitrogens is 2. The Morgan fingerprint density at radius 1 is 1.32 bits per heavy atom. The molecule has 0 saturated carbocycles. The highest BCUT2D eigenvalue weighted by molar-refractivity contribution is 14.0. The number of piperidine rings is 1. The molecule has 7 nitrogen and oxygen atoms in total. The first-order chi connectivity index (χ1) is 11.7. The van der Waals surface area contributed by atoms with Crippen molar-refractivity contribution in [1.82, 2.24) is 20.4 Å². The Hall–Kier alpha value is -1.68. The Kier molecular flexibility index (Phi) is 7.63. The second kappa shape index (κ2) is 9.71. The number of aryl methyl sites for hydroxylation is 1. The van der Waals surface area contributed by atoms with Gasteiger partial charge in [0.15, 0.2) is 11.8 Å². The van der Waals surface area contributed by atoms with Gasteiger partial charge in [-0.2, -0.15) is 4.98 Å². The van der Waals surface area contributed by atoms with Gasteiger partial charge in [0.05, 0.1) is 0 Å². The number of nitrogens with two attached hydrogens (primary N) is 1. The predicted octanol–water partition coefficient (Wildman–Crippen LogP) is 2.06. The number of hydrogen-bond acceptors (Lipinski definition) is 5. The third-order valence-corrected chi connectivity index (χ3v) is 4.14. The van der Waals surface area contributed by atoms with Gasteiger partial charge in [0.25, 0.3) is 0 Å². The highest BCUT2D eigenvalue weighted by atomic mass is 127. The highest BCUT2D eigenvalue weighted by Gasteiger charge is 2.19. The minimum atomic E-state index is 0. The zero-order chi connectivity index (χ0) is 16.8. The maximum absolute atomic E-state index is 5.95. The molecule has 1 fully saturated rings. The minimum absolute atomic E-state index is 0. The number of halogens is 1. The number of nitrogens with zero attached hydrogens (tertiary/aromatic N) is 4. The van der Waals surface area contributed by atoms with Gasteiger partial charge < -0.3 is 15.6 Å². The average Bonchev–Trinajstić information content (AvgIpc) is 3.01. The van der Waals surface area contributed by atoms with E-state index < -0.39 is 0 Å². The third kappa shape index (κ3) is 6.28. The quantitative estimate of drug-likeness (QED) is 0.407. The SMILES string of the molecule is Cc1noc(CN=C(N)NC2CCN(Cc3ccccc3)CC2)n1.I. The van der Waals surface area contributed by atoms with Crippen molar-refractivity contribution in [2.24, 2.45) is 10.7 Å². The van der Waals surface area contributed by atoms with Crippen molar-refractivity contribution in [2.75, 3.05) is 13.1 Å². The van der Waals surface area contributed by atoms with E-state index in [-0.39, 0.29) is 24.0 Å². The van der Waals surface area contributed by atoms with Crippen molar-refractivity contribution in [3.05, 3.63) is 47.6 Å². The van der Waals surface area contributed by atoms with E-state index in [4.69, 9.17) is 10.3 Å². The Bertz CT molecular complexity index is 667. The summed E-state index contributed by atoms with van der Waals surface area (Å²) in [6.45, 7) is 5.22. The zero-order valence-corrected chi connectivity index (χ0v) is 16.7. The highest BCUT2D eigenvalue weighted by Crippen LogP contribution is 2.13. The molecule has 2 heterocycles. The third-order valence-electron chi connectivity index (χ3n) is 4.14. The van der Waals surface area contributed by atoms with Gasteiger partial charge in [-0.15, -0.1) is 24.0 Å². The normalized spacial score (nSPS) is 16.4. The molecule has 0 radical (unpaired) electrons. The van der Waals surface area contributed by atoms with E-state index in [1.165, 1.54) is 5.56 Å². The van der Waals surface area contributed by atoms with Crippen molar-refractivity contribution < 1.29 is 4.52 Å². The van der Waals surface area contributed by atoms with Crippen LogP contribution in [0.25, 0.3) is 0 Å². The first-order valence-electron chi connectivity index (χ1n) is 8.31. The predicted molar refractivity (Wildman–Crippen MR) is 108 cm³/mol. The molecule has 1 aromatic heterocycles. The lowest BCUT2D eigenvalue weighted by molar-refractivity contribution is 0.199. The number of rotatable bonds is 5. The van der Waals surface area contributed by atoms with Gasteiger partial charge in [-0.25, -0.2) is 4.99 Å². The molecule has 0 aliphatic carbocycles. The summed E-state index contributed by atoms with van der Waals surface area (Å²) >= 11 is 0. The van der Waals surface area contributed by atoms with Crippen LogP contribution in [0.3, 0.4) is 0 Å². The Labute approximate surface area is 165 Å². The van der Waals surface area contributed by atoms with Crippen LogP contribution in [0.4, 0.5) is 0 Å². The van der Waals surface area contributed by atoms with Gasteiger partial charge >= 0.3 is 0 Å². The monoisotopic (exact) mass is 456 g/mol. The molecule has 2 aromatic rings. The van der Waals surface area contributed by atoms with Crippen molar-refractivity contribution in [3.63, 3.8) is 0 Å². The summed E-state index contributed by atoms with van der Waals surface area (Å²) in [5.74, 6) is 1.53. The van der Waals surface area contributed by atoms with E-state index in [2.05, 4.69) is 55.7 Å². The molecule has 3 N–H and O–H groups in total. The molecule has 136 valence electrons. The molecule has 1 saturated heterocycles. The van der Waals surface area contributed by atoms with E-state index in [1.54, 1.807) is 6.92 Å². The smallest absolute Gasteiger partial charge is 0.248 e. The molecule has 0 atom stereocenters. The Balaban J connectivity index is 0.00000225. The van der Waals surface area contributed by atoms with Gasteiger partial charge in [-0.05, 0) is 25.3 Å². The zero-order valence-electron chi connectivity index (χ0n) is 14.4. The second-order valence-electron chi connectivity index (χ2n) is 6.12. The number of hydrogen-bond donors (Lipinski definition) is 2. The lowest BCUT2D eigenvalue weighted by Gasteiger charge is -2.32. The van der Waals surface area contributed by atoms with Crippen molar-refractivity contribution in [2.45, 2.75) is 38.9 Å². The number of likely N-dealkylation sites (tertiary alicyclic amines) is 1. The van der Waals surface area contributed by atoms with Crippen molar-refractivity contribution in [3.8, 4) is 0 Å². The number of nitrogens with one attached hydrogen (secondary N) is 1. The number of guanidine groups is 1. The van der Waals surface area contributed by atoms with Gasteiger partial charge in [-0.1, -0.05) is 35.5 Å². The fraction of sp³-hybridized carbons (Fsp3) is 0.471. The minimum Gasteiger partial charge on any atom is -0.370 e. The molecule has 1 aliphatic rings. The summed E-state index contributed by atoms with van der Waals surface area (Å²) in [5.41, 5.74) is 7.31. The van der Waals surface area contributed by atoms with Crippen LogP contribution in [0.15, 0.2) is 39.8 Å². The lowest BCUT2D eigenvalue weighted by atomic mass is 10.0. The first kappa shape index (κ1) is 19.6. The van der Waals surface area contributed by atoms with E-state index in [1.807, 2.05) is 0 Å². The van der Waals surface area contributed by atoms with Crippen LogP contribution in [0.5, 0.6) is 0 Å². The molecule has 0 unspecified atom stereocenters. The molecule has 0 amide bonds. The van der Waals surface area contributed by atoms with E-state index in [0.29, 0.717) is 30.3 Å². The average molecular weight is 456 g/mol. The summed E-state index contributed by atoms with van der Waals surface area (Å²) < 4.78 is 5.02. The molecule has 25 heavy (non-hydrogen) atoms. The Morgan fingerprint density at radius 2 is 2.04 bits per heavy atom. The molecular formula is C17H25IN6O. The van der Waals surface area contributed by atoms with Crippen LogP contribution in [0, 0.1) is 6.92 Å². The molecular weight excluding hydrogens is 431 g/mol. The van der Waals surface area contributed by atoms with Crippen LogP contribution in [0.2, 0.25) is 0 Å². The molecule has 1 aliphatic heterocycles.